The molecule has 0 heterocycles. The molecule has 4 saturated carbocycles. The van der Waals surface area contributed by atoms with E-state index in [1.165, 1.54) is 183 Å². The quantitative estimate of drug-likeness (QED) is 0.121. The summed E-state index contributed by atoms with van der Waals surface area (Å²) in [5.74, 6) is 2.20. The molecule has 0 bridgehead atoms. The van der Waals surface area contributed by atoms with Gasteiger partial charge in [0.2, 0.25) is 0 Å². The highest BCUT2D eigenvalue weighted by molar-refractivity contribution is 7.55. The van der Waals surface area contributed by atoms with Gasteiger partial charge in [-0.15, -0.1) is 0 Å². The molecule has 0 aliphatic heterocycles. The Morgan fingerprint density at radius 3 is 0.967 bits per heavy atom. The van der Waals surface area contributed by atoms with Crippen molar-refractivity contribution in [2.45, 2.75) is 151 Å². The highest BCUT2D eigenvalue weighted by Gasteiger charge is 2.38. The first kappa shape index (κ1) is 40.4. The van der Waals surface area contributed by atoms with Gasteiger partial charge in [-0.3, -0.25) is 0 Å². The largest absolute Gasteiger partial charge is 0.472 e. The minimum atomic E-state index is -0.720. The van der Waals surface area contributed by atoms with Crippen LogP contribution in [0.25, 0.3) is 54.9 Å². The summed E-state index contributed by atoms with van der Waals surface area (Å²) in [4.78, 5) is 0. The van der Waals surface area contributed by atoms with E-state index >= 15 is 0 Å². The zero-order chi connectivity index (χ0) is 40.1. The lowest BCUT2D eigenvalue weighted by atomic mass is 9.86. The van der Waals surface area contributed by atoms with Crippen molar-refractivity contribution < 1.29 is 9.05 Å². The van der Waals surface area contributed by atoms with Gasteiger partial charge in [0, 0.05) is 44.9 Å². The molecule has 6 aromatic rings. The summed E-state index contributed by atoms with van der Waals surface area (Å²) in [6.45, 7) is 0. The Balaban J connectivity index is 1.28. The molecular formula is C56H64O2P2. The third kappa shape index (κ3) is 8.55. The van der Waals surface area contributed by atoms with E-state index in [9.17, 15) is 0 Å². The van der Waals surface area contributed by atoms with E-state index in [0.29, 0.717) is 22.6 Å². The maximum absolute atomic E-state index is 8.17. The standard InChI is InChI=1S/C56H64O2P2/c1-7-23-41(24-8-1)51-39-43-27-19-21-37-49(43)53(55(51)57-59(45-29-11-3-12-30-45)46-31-13-4-14-32-46)54-50-38-22-20-28-44(50)40-52(42-25-9-2-10-26-42)56(54)58-60(47-33-15-5-16-34-47)48-35-17-6-18-36-48/h1-2,7-10,19-28,37-40,45-48H,3-6,11-18,29-36H2. The Morgan fingerprint density at radius 2 is 0.633 bits per heavy atom. The van der Waals surface area contributed by atoms with Gasteiger partial charge in [-0.2, -0.15) is 0 Å². The number of fused-ring (bicyclic) bond motifs is 2. The summed E-state index contributed by atoms with van der Waals surface area (Å²) < 4.78 is 16.3. The molecule has 4 aliphatic rings. The maximum Gasteiger partial charge on any atom is 0.139 e. The average Bonchev–Trinajstić information content (AvgIpc) is 3.33. The van der Waals surface area contributed by atoms with Gasteiger partial charge in [-0.1, -0.05) is 186 Å². The van der Waals surface area contributed by atoms with Gasteiger partial charge < -0.3 is 9.05 Å². The molecule has 4 fully saturated rings. The molecule has 0 saturated heterocycles. The smallest absolute Gasteiger partial charge is 0.139 e. The van der Waals surface area contributed by atoms with E-state index in [0.717, 1.165) is 11.5 Å². The summed E-state index contributed by atoms with van der Waals surface area (Å²) >= 11 is 0. The summed E-state index contributed by atoms with van der Waals surface area (Å²) in [6.07, 6.45) is 26.6. The van der Waals surface area contributed by atoms with Gasteiger partial charge in [0.15, 0.2) is 0 Å². The van der Waals surface area contributed by atoms with Gasteiger partial charge in [0.25, 0.3) is 0 Å². The zero-order valence-electron chi connectivity index (χ0n) is 35.7. The molecule has 0 atom stereocenters. The second kappa shape index (κ2) is 19.1. The molecule has 4 aliphatic carbocycles. The second-order valence-electron chi connectivity index (χ2n) is 18.5. The first-order valence-electron chi connectivity index (χ1n) is 24.0. The first-order chi connectivity index (χ1) is 29.8. The van der Waals surface area contributed by atoms with Crippen molar-refractivity contribution in [1.29, 1.82) is 0 Å². The molecule has 0 unspecified atom stereocenters. The fourth-order valence-corrected chi connectivity index (χ4v) is 17.5. The highest BCUT2D eigenvalue weighted by atomic mass is 31.1. The fourth-order valence-electron chi connectivity index (χ4n) is 11.5. The minimum absolute atomic E-state index is 0.647. The lowest BCUT2D eigenvalue weighted by Gasteiger charge is -2.39. The zero-order valence-corrected chi connectivity index (χ0v) is 37.5. The van der Waals surface area contributed by atoms with Crippen LogP contribution < -0.4 is 9.05 Å². The average molecular weight is 831 g/mol. The molecule has 6 aromatic carbocycles. The Labute approximate surface area is 362 Å². The molecule has 10 rings (SSSR count). The van der Waals surface area contributed by atoms with Crippen LogP contribution in [0.15, 0.2) is 121 Å². The normalized spacial score (nSPS) is 19.0. The minimum Gasteiger partial charge on any atom is -0.472 e. The number of benzene rings is 6. The molecule has 60 heavy (non-hydrogen) atoms. The molecule has 0 N–H and O–H groups in total. The van der Waals surface area contributed by atoms with Crippen LogP contribution in [0.1, 0.15) is 128 Å². The van der Waals surface area contributed by atoms with Gasteiger partial charge in [-0.05, 0) is 96.2 Å². The van der Waals surface area contributed by atoms with Gasteiger partial charge >= 0.3 is 0 Å². The molecule has 2 nitrogen and oxygen atoms in total. The van der Waals surface area contributed by atoms with Crippen molar-refractivity contribution in [2.75, 3.05) is 0 Å². The molecule has 310 valence electrons. The summed E-state index contributed by atoms with van der Waals surface area (Å²) in [5, 5.41) is 5.07. The van der Waals surface area contributed by atoms with E-state index < -0.39 is 16.3 Å². The lowest BCUT2D eigenvalue weighted by Crippen LogP contribution is -2.23. The molecule has 0 amide bonds. The van der Waals surface area contributed by atoms with Crippen LogP contribution >= 0.6 is 16.3 Å². The Kier molecular flexibility index (Phi) is 12.9. The monoisotopic (exact) mass is 830 g/mol. The summed E-state index contributed by atoms with van der Waals surface area (Å²) in [7, 11) is -1.44. The van der Waals surface area contributed by atoms with E-state index in [4.69, 9.17) is 9.05 Å². The van der Waals surface area contributed by atoms with Gasteiger partial charge in [-0.25, -0.2) is 0 Å². The van der Waals surface area contributed by atoms with Crippen molar-refractivity contribution >= 4 is 37.8 Å². The molecule has 0 spiro atoms. The van der Waals surface area contributed by atoms with E-state index in [1.807, 2.05) is 0 Å². The maximum atomic E-state index is 8.17. The second-order valence-corrected chi connectivity index (χ2v) is 23.2. The van der Waals surface area contributed by atoms with E-state index in [1.54, 1.807) is 0 Å². The molecule has 0 aromatic heterocycles. The predicted octanol–water partition coefficient (Wildman–Crippen LogP) is 17.9. The highest BCUT2D eigenvalue weighted by Crippen LogP contribution is 2.63. The van der Waals surface area contributed by atoms with Crippen LogP contribution in [0.5, 0.6) is 11.5 Å². The topological polar surface area (TPSA) is 18.5 Å². The summed E-state index contributed by atoms with van der Waals surface area (Å²) in [6, 6.07) is 45.7. The van der Waals surface area contributed by atoms with Crippen molar-refractivity contribution in [3.8, 4) is 44.9 Å². The molecule has 4 heteroatoms. The Morgan fingerprint density at radius 1 is 0.333 bits per heavy atom. The SMILES string of the molecule is c1ccc(-c2cc3ccccc3c(-c3c(OP(C4CCCCC4)C4CCCCC4)c(-c4ccccc4)cc4ccccc34)c2OP(C2CCCCC2)C2CCCCC2)cc1. The van der Waals surface area contributed by atoms with Crippen molar-refractivity contribution in [2.24, 2.45) is 0 Å². The van der Waals surface area contributed by atoms with E-state index in [-0.39, 0.29) is 0 Å². The van der Waals surface area contributed by atoms with Crippen LogP contribution in [0, 0.1) is 0 Å². The van der Waals surface area contributed by atoms with Crippen molar-refractivity contribution in [3.63, 3.8) is 0 Å². The predicted molar refractivity (Wildman–Crippen MR) is 260 cm³/mol. The van der Waals surface area contributed by atoms with Gasteiger partial charge in [0.05, 0.1) is 16.3 Å². The van der Waals surface area contributed by atoms with Crippen molar-refractivity contribution in [1.82, 2.24) is 0 Å². The number of hydrogen-bond acceptors (Lipinski definition) is 2. The van der Waals surface area contributed by atoms with Crippen LogP contribution in [0.4, 0.5) is 0 Å². The fraction of sp³-hybridized carbons (Fsp3) is 0.429. The Bertz CT molecular complexity index is 2130. The van der Waals surface area contributed by atoms with Crippen LogP contribution in [-0.2, 0) is 0 Å². The first-order valence-corrected chi connectivity index (χ1v) is 26.7. The van der Waals surface area contributed by atoms with Gasteiger partial charge in [0.1, 0.15) is 11.5 Å². The van der Waals surface area contributed by atoms with Crippen molar-refractivity contribution in [3.05, 3.63) is 121 Å². The number of rotatable bonds is 11. The summed E-state index contributed by atoms with van der Waals surface area (Å²) in [5.41, 5.74) is 10.0. The molecular weight excluding hydrogens is 767 g/mol. The number of hydrogen-bond donors (Lipinski definition) is 0. The molecule has 0 radical (unpaired) electrons. The van der Waals surface area contributed by atoms with Crippen LogP contribution in [0.3, 0.4) is 0 Å². The lowest BCUT2D eigenvalue weighted by molar-refractivity contribution is 0.449. The third-order valence-electron chi connectivity index (χ3n) is 14.6. The third-order valence-corrected chi connectivity index (χ3v) is 20.3. The van der Waals surface area contributed by atoms with Crippen LogP contribution in [-0.4, -0.2) is 22.6 Å². The van der Waals surface area contributed by atoms with E-state index in [2.05, 4.69) is 121 Å². The van der Waals surface area contributed by atoms with Crippen LogP contribution in [0.2, 0.25) is 0 Å². The Hall–Kier alpha value is -3.70.